The highest BCUT2D eigenvalue weighted by molar-refractivity contribution is 5.98. The smallest absolute Gasteiger partial charge is 0.253 e. The molecule has 0 saturated carbocycles. The van der Waals surface area contributed by atoms with Crippen LogP contribution in [0.2, 0.25) is 0 Å². The van der Waals surface area contributed by atoms with Gasteiger partial charge in [-0.15, -0.1) is 0 Å². The lowest BCUT2D eigenvalue weighted by atomic mass is 9.90. The van der Waals surface area contributed by atoms with Crippen LogP contribution < -0.4 is 0 Å². The number of likely N-dealkylation sites (tertiary alicyclic amines) is 3. The molecule has 0 spiro atoms. The summed E-state index contributed by atoms with van der Waals surface area (Å²) in [6.45, 7) is 7.69. The monoisotopic (exact) mass is 498 g/mol. The molecule has 0 bridgehead atoms. The summed E-state index contributed by atoms with van der Waals surface area (Å²) in [6, 6.07) is 17.8. The fraction of sp³-hybridized carbons (Fsp3) is 0.531. The lowest BCUT2D eigenvalue weighted by molar-refractivity contribution is 0.0690. The Hall–Kier alpha value is -2.63. The van der Waals surface area contributed by atoms with Crippen molar-refractivity contribution in [2.75, 3.05) is 39.3 Å². The van der Waals surface area contributed by atoms with Gasteiger partial charge in [0.1, 0.15) is 0 Å². The van der Waals surface area contributed by atoms with Crippen LogP contribution >= 0.6 is 0 Å². The summed E-state index contributed by atoms with van der Waals surface area (Å²) < 4.78 is 0. The molecule has 1 aromatic heterocycles. The lowest BCUT2D eigenvalue weighted by Crippen LogP contribution is -2.46. The van der Waals surface area contributed by atoms with Crippen LogP contribution in [0.4, 0.5) is 0 Å². The zero-order valence-corrected chi connectivity index (χ0v) is 22.2. The van der Waals surface area contributed by atoms with Gasteiger partial charge in [0.05, 0.1) is 0 Å². The first-order valence-electron chi connectivity index (χ1n) is 14.6. The fourth-order valence-electron chi connectivity index (χ4n) is 6.89. The third-order valence-electron chi connectivity index (χ3n) is 9.14. The molecular formula is C32H42N4O. The number of hydrogen-bond acceptors (Lipinski definition) is 3. The SMILES string of the molecule is O=C(c1ccc2c(CN3CCC(N4CCCCC4)CC3)c[nH]c2c1)N1CCC(Cc2ccccc2)CC1. The maximum absolute atomic E-state index is 13.3. The Balaban J connectivity index is 1.02. The van der Waals surface area contributed by atoms with Gasteiger partial charge in [0, 0.05) is 48.3 Å². The van der Waals surface area contributed by atoms with E-state index in [1.54, 1.807) is 0 Å². The standard InChI is InChI=1S/C32H42N4O/c37-32(36-19-11-26(12-20-36)21-25-7-3-1-4-8-25)27-9-10-30-28(23-33-31(30)22-27)24-34-17-13-29(14-18-34)35-15-5-2-6-16-35/h1,3-4,7-10,22-23,26,29,33H,2,5-6,11-21,24H2. The van der Waals surface area contributed by atoms with Gasteiger partial charge in [-0.05, 0) is 100 Å². The number of piperidine rings is 3. The molecular weight excluding hydrogens is 456 g/mol. The number of amides is 1. The predicted octanol–water partition coefficient (Wildman–Crippen LogP) is 5.71. The number of carbonyl (C=O) groups excluding carboxylic acids is 1. The Bertz CT molecular complexity index is 1170. The van der Waals surface area contributed by atoms with E-state index in [1.807, 2.05) is 6.07 Å². The van der Waals surface area contributed by atoms with Crippen molar-refractivity contribution in [3.63, 3.8) is 0 Å². The number of aromatic amines is 1. The van der Waals surface area contributed by atoms with Gasteiger partial charge in [0.25, 0.3) is 5.91 Å². The molecule has 3 fully saturated rings. The van der Waals surface area contributed by atoms with E-state index in [4.69, 9.17) is 0 Å². The van der Waals surface area contributed by atoms with E-state index in [2.05, 4.69) is 68.3 Å². The van der Waals surface area contributed by atoms with Gasteiger partial charge < -0.3 is 14.8 Å². The minimum absolute atomic E-state index is 0.177. The van der Waals surface area contributed by atoms with Gasteiger partial charge in [-0.25, -0.2) is 0 Å². The molecule has 6 rings (SSSR count). The molecule has 196 valence electrons. The molecule has 0 radical (unpaired) electrons. The summed E-state index contributed by atoms with van der Waals surface area (Å²) in [7, 11) is 0. The van der Waals surface area contributed by atoms with E-state index >= 15 is 0 Å². The maximum atomic E-state index is 13.3. The van der Waals surface area contributed by atoms with E-state index < -0.39 is 0 Å². The van der Waals surface area contributed by atoms with Crippen molar-refractivity contribution in [2.24, 2.45) is 5.92 Å². The number of H-pyrrole nitrogens is 1. The van der Waals surface area contributed by atoms with E-state index in [0.717, 1.165) is 56.0 Å². The van der Waals surface area contributed by atoms with Gasteiger partial charge in [0.2, 0.25) is 0 Å². The molecule has 5 heteroatoms. The van der Waals surface area contributed by atoms with Crippen LogP contribution in [0.15, 0.2) is 54.7 Å². The largest absolute Gasteiger partial charge is 0.361 e. The van der Waals surface area contributed by atoms with Crippen LogP contribution in [0, 0.1) is 5.92 Å². The summed E-state index contributed by atoms with van der Waals surface area (Å²) in [5.41, 5.74) is 4.66. The minimum Gasteiger partial charge on any atom is -0.361 e. The molecule has 2 aromatic carbocycles. The Morgan fingerprint density at radius 1 is 0.838 bits per heavy atom. The van der Waals surface area contributed by atoms with Crippen LogP contribution in [0.25, 0.3) is 10.9 Å². The number of carbonyl (C=O) groups is 1. The Morgan fingerprint density at radius 2 is 1.59 bits per heavy atom. The highest BCUT2D eigenvalue weighted by Crippen LogP contribution is 2.27. The zero-order valence-electron chi connectivity index (χ0n) is 22.2. The van der Waals surface area contributed by atoms with Crippen molar-refractivity contribution < 1.29 is 4.79 Å². The highest BCUT2D eigenvalue weighted by atomic mass is 16.2. The molecule has 37 heavy (non-hydrogen) atoms. The summed E-state index contributed by atoms with van der Waals surface area (Å²) in [5, 5.41) is 1.26. The molecule has 3 aromatic rings. The second kappa shape index (κ2) is 11.4. The second-order valence-corrected chi connectivity index (χ2v) is 11.6. The molecule has 3 aliphatic rings. The Morgan fingerprint density at radius 3 is 2.35 bits per heavy atom. The summed E-state index contributed by atoms with van der Waals surface area (Å²) in [6.07, 6.45) is 12.2. The molecule has 0 aliphatic carbocycles. The van der Waals surface area contributed by atoms with E-state index in [-0.39, 0.29) is 5.91 Å². The molecule has 0 atom stereocenters. The maximum Gasteiger partial charge on any atom is 0.253 e. The second-order valence-electron chi connectivity index (χ2n) is 11.6. The summed E-state index contributed by atoms with van der Waals surface area (Å²) >= 11 is 0. The number of fused-ring (bicyclic) bond motifs is 1. The van der Waals surface area contributed by atoms with Crippen molar-refractivity contribution in [2.45, 2.75) is 64.0 Å². The first-order valence-corrected chi connectivity index (χ1v) is 14.6. The van der Waals surface area contributed by atoms with Crippen molar-refractivity contribution in [1.82, 2.24) is 19.7 Å². The predicted molar refractivity (Wildman–Crippen MR) is 151 cm³/mol. The summed E-state index contributed by atoms with van der Waals surface area (Å²) in [5.74, 6) is 0.848. The summed E-state index contributed by atoms with van der Waals surface area (Å²) in [4.78, 5) is 24.2. The van der Waals surface area contributed by atoms with Gasteiger partial charge >= 0.3 is 0 Å². The van der Waals surface area contributed by atoms with E-state index in [9.17, 15) is 4.79 Å². The quantitative estimate of drug-likeness (QED) is 0.473. The van der Waals surface area contributed by atoms with Gasteiger partial charge in [-0.3, -0.25) is 9.69 Å². The first kappa shape index (κ1) is 24.7. The molecule has 3 aliphatic heterocycles. The van der Waals surface area contributed by atoms with E-state index in [0.29, 0.717) is 5.92 Å². The molecule has 1 N–H and O–H groups in total. The van der Waals surface area contributed by atoms with Crippen LogP contribution in [0.5, 0.6) is 0 Å². The van der Waals surface area contributed by atoms with Crippen molar-refractivity contribution in [1.29, 1.82) is 0 Å². The number of hydrogen-bond donors (Lipinski definition) is 1. The van der Waals surface area contributed by atoms with Crippen LogP contribution in [-0.2, 0) is 13.0 Å². The number of aromatic nitrogens is 1. The van der Waals surface area contributed by atoms with Gasteiger partial charge in [0.15, 0.2) is 0 Å². The number of nitrogens with zero attached hydrogens (tertiary/aromatic N) is 3. The fourth-order valence-corrected chi connectivity index (χ4v) is 6.89. The van der Waals surface area contributed by atoms with Gasteiger partial charge in [-0.2, -0.15) is 0 Å². The van der Waals surface area contributed by atoms with Gasteiger partial charge in [-0.1, -0.05) is 42.8 Å². The number of nitrogens with one attached hydrogen (secondary N) is 1. The molecule has 4 heterocycles. The average molecular weight is 499 g/mol. The average Bonchev–Trinajstić information content (AvgIpc) is 3.36. The van der Waals surface area contributed by atoms with Crippen LogP contribution in [-0.4, -0.2) is 70.9 Å². The van der Waals surface area contributed by atoms with Crippen LogP contribution in [0.3, 0.4) is 0 Å². The van der Waals surface area contributed by atoms with Crippen molar-refractivity contribution in [3.05, 3.63) is 71.4 Å². The normalized spacial score (nSPS) is 21.0. The third-order valence-corrected chi connectivity index (χ3v) is 9.14. The lowest BCUT2D eigenvalue weighted by Gasteiger charge is -2.40. The highest BCUT2D eigenvalue weighted by Gasteiger charge is 2.27. The Kier molecular flexibility index (Phi) is 7.61. The van der Waals surface area contributed by atoms with Crippen LogP contribution in [0.1, 0.15) is 66.4 Å². The zero-order chi connectivity index (χ0) is 25.0. The Labute approximate surface area is 221 Å². The number of rotatable bonds is 6. The number of benzene rings is 2. The molecule has 0 unspecified atom stereocenters. The van der Waals surface area contributed by atoms with Crippen molar-refractivity contribution >= 4 is 16.8 Å². The third kappa shape index (κ3) is 5.78. The van der Waals surface area contributed by atoms with Crippen molar-refractivity contribution in [3.8, 4) is 0 Å². The van der Waals surface area contributed by atoms with E-state index in [1.165, 1.54) is 74.8 Å². The minimum atomic E-state index is 0.177. The molecule has 1 amide bonds. The molecule has 3 saturated heterocycles. The first-order chi connectivity index (χ1) is 18.2. The topological polar surface area (TPSA) is 42.6 Å². The molecule has 5 nitrogen and oxygen atoms in total.